The molecule has 0 saturated carbocycles. The third kappa shape index (κ3) is 5.31. The molecule has 7 nitrogen and oxygen atoms in total. The van der Waals surface area contributed by atoms with Crippen LogP contribution in [0.4, 0.5) is 5.69 Å². The van der Waals surface area contributed by atoms with E-state index in [2.05, 4.69) is 19.2 Å². The average molecular weight is 371 g/mol. The van der Waals surface area contributed by atoms with Crippen molar-refractivity contribution in [2.75, 3.05) is 11.9 Å². The number of carbonyl (C=O) groups is 3. The minimum absolute atomic E-state index is 0.0797. The van der Waals surface area contributed by atoms with Gasteiger partial charge in [0.1, 0.15) is 5.75 Å². The van der Waals surface area contributed by atoms with Crippen LogP contribution in [0.1, 0.15) is 52.5 Å². The first-order chi connectivity index (χ1) is 12.8. The van der Waals surface area contributed by atoms with Gasteiger partial charge in [-0.15, -0.1) is 0 Å². The molecule has 142 valence electrons. The summed E-state index contributed by atoms with van der Waals surface area (Å²) in [5.41, 5.74) is 0.617. The largest absolute Gasteiger partial charge is 0.483 e. The molecule has 0 heterocycles. The molecule has 27 heavy (non-hydrogen) atoms. The van der Waals surface area contributed by atoms with Crippen molar-refractivity contribution in [3.63, 3.8) is 0 Å². The SMILES string of the molecule is CCC(C)c1ccccc1OCC(=O)Nc1cc(C(=O)O)cc(C(=O)O)c1. The van der Waals surface area contributed by atoms with E-state index in [0.717, 1.165) is 18.1 Å². The van der Waals surface area contributed by atoms with E-state index in [-0.39, 0.29) is 29.3 Å². The van der Waals surface area contributed by atoms with E-state index in [4.69, 9.17) is 14.9 Å². The van der Waals surface area contributed by atoms with Crippen molar-refractivity contribution in [1.82, 2.24) is 0 Å². The molecule has 0 bridgehead atoms. The Bertz CT molecular complexity index is 829. The summed E-state index contributed by atoms with van der Waals surface area (Å²) in [6.07, 6.45) is 0.923. The Balaban J connectivity index is 2.11. The molecule has 2 aromatic carbocycles. The lowest BCUT2D eigenvalue weighted by atomic mass is 9.98. The lowest BCUT2D eigenvalue weighted by Crippen LogP contribution is -2.21. The molecule has 7 heteroatoms. The third-order valence-corrected chi connectivity index (χ3v) is 4.13. The normalized spacial score (nSPS) is 11.5. The summed E-state index contributed by atoms with van der Waals surface area (Å²) in [6.45, 7) is 3.84. The first-order valence-corrected chi connectivity index (χ1v) is 8.45. The van der Waals surface area contributed by atoms with Crippen LogP contribution in [0.2, 0.25) is 0 Å². The number of ether oxygens (including phenoxy) is 1. The van der Waals surface area contributed by atoms with Crippen LogP contribution in [0.15, 0.2) is 42.5 Å². The second-order valence-electron chi connectivity index (χ2n) is 6.09. The molecule has 1 atom stereocenters. The van der Waals surface area contributed by atoms with Gasteiger partial charge < -0.3 is 20.3 Å². The molecule has 3 N–H and O–H groups in total. The Kier molecular flexibility index (Phi) is 6.54. The zero-order chi connectivity index (χ0) is 20.0. The summed E-state index contributed by atoms with van der Waals surface area (Å²) in [4.78, 5) is 34.4. The average Bonchev–Trinajstić information content (AvgIpc) is 2.65. The van der Waals surface area contributed by atoms with Crippen LogP contribution < -0.4 is 10.1 Å². The van der Waals surface area contributed by atoms with Crippen molar-refractivity contribution >= 4 is 23.5 Å². The second kappa shape index (κ2) is 8.84. The number of benzene rings is 2. The number of hydrogen-bond acceptors (Lipinski definition) is 4. The van der Waals surface area contributed by atoms with Crippen molar-refractivity contribution in [1.29, 1.82) is 0 Å². The van der Waals surface area contributed by atoms with E-state index in [9.17, 15) is 14.4 Å². The van der Waals surface area contributed by atoms with E-state index in [1.54, 1.807) is 6.07 Å². The maximum absolute atomic E-state index is 12.2. The summed E-state index contributed by atoms with van der Waals surface area (Å²) in [5, 5.41) is 20.6. The number of carbonyl (C=O) groups excluding carboxylic acids is 1. The summed E-state index contributed by atoms with van der Waals surface area (Å²) in [5.74, 6) is -2.21. The van der Waals surface area contributed by atoms with Gasteiger partial charge in [0.2, 0.25) is 0 Å². The Labute approximate surface area is 156 Å². The van der Waals surface area contributed by atoms with Crippen molar-refractivity contribution in [3.8, 4) is 5.75 Å². The van der Waals surface area contributed by atoms with Crippen LogP contribution in [0, 0.1) is 0 Å². The van der Waals surface area contributed by atoms with Crippen LogP contribution in [0.25, 0.3) is 0 Å². The number of amides is 1. The number of para-hydroxylation sites is 1. The Morgan fingerprint density at radius 2 is 1.63 bits per heavy atom. The standard InChI is InChI=1S/C20H21NO6/c1-3-12(2)16-6-4-5-7-17(16)27-11-18(22)21-15-9-13(19(23)24)8-14(10-15)20(25)26/h4-10,12H,3,11H2,1-2H3,(H,21,22)(H,23,24)(H,25,26). The van der Waals surface area contributed by atoms with Gasteiger partial charge in [-0.3, -0.25) is 4.79 Å². The molecule has 0 aliphatic heterocycles. The highest BCUT2D eigenvalue weighted by Crippen LogP contribution is 2.28. The van der Waals surface area contributed by atoms with E-state index in [0.29, 0.717) is 5.75 Å². The first-order valence-electron chi connectivity index (χ1n) is 8.45. The van der Waals surface area contributed by atoms with Crippen molar-refractivity contribution in [2.24, 2.45) is 0 Å². The number of rotatable bonds is 8. The molecule has 2 aromatic rings. The summed E-state index contributed by atoms with van der Waals surface area (Å²) in [7, 11) is 0. The van der Waals surface area contributed by atoms with Crippen molar-refractivity contribution < 1.29 is 29.3 Å². The minimum atomic E-state index is -1.28. The molecule has 0 spiro atoms. The van der Waals surface area contributed by atoms with E-state index < -0.39 is 17.8 Å². The Morgan fingerprint density at radius 1 is 1.04 bits per heavy atom. The number of nitrogens with one attached hydrogen (secondary N) is 1. The minimum Gasteiger partial charge on any atom is -0.483 e. The molecule has 2 rings (SSSR count). The summed E-state index contributed by atoms with van der Waals surface area (Å²) >= 11 is 0. The maximum Gasteiger partial charge on any atom is 0.335 e. The van der Waals surface area contributed by atoms with Gasteiger partial charge in [0, 0.05) is 5.69 Å². The fourth-order valence-corrected chi connectivity index (χ4v) is 2.53. The number of carboxylic acids is 2. The number of anilines is 1. The first kappa shape index (κ1) is 20.0. The molecule has 0 aliphatic carbocycles. The highest BCUT2D eigenvalue weighted by molar-refractivity contribution is 5.98. The zero-order valence-electron chi connectivity index (χ0n) is 15.1. The zero-order valence-corrected chi connectivity index (χ0v) is 15.1. The van der Waals surface area contributed by atoms with Crippen LogP contribution in [-0.2, 0) is 4.79 Å². The highest BCUT2D eigenvalue weighted by Gasteiger charge is 2.14. The molecule has 0 radical (unpaired) electrons. The topological polar surface area (TPSA) is 113 Å². The van der Waals surface area contributed by atoms with Gasteiger partial charge in [-0.25, -0.2) is 9.59 Å². The molecule has 0 aliphatic rings. The number of aromatic carboxylic acids is 2. The fourth-order valence-electron chi connectivity index (χ4n) is 2.53. The van der Waals surface area contributed by atoms with Crippen LogP contribution >= 0.6 is 0 Å². The summed E-state index contributed by atoms with van der Waals surface area (Å²) in [6, 6.07) is 10.9. The lowest BCUT2D eigenvalue weighted by Gasteiger charge is -2.15. The van der Waals surface area contributed by atoms with Gasteiger partial charge in [-0.1, -0.05) is 32.0 Å². The Morgan fingerprint density at radius 3 is 2.19 bits per heavy atom. The van der Waals surface area contributed by atoms with Gasteiger partial charge in [0.25, 0.3) is 5.91 Å². The number of hydrogen-bond donors (Lipinski definition) is 3. The van der Waals surface area contributed by atoms with E-state index in [1.807, 2.05) is 18.2 Å². The highest BCUT2D eigenvalue weighted by atomic mass is 16.5. The maximum atomic E-state index is 12.2. The molecule has 0 aromatic heterocycles. The van der Waals surface area contributed by atoms with E-state index in [1.165, 1.54) is 12.1 Å². The number of carboxylic acid groups (broad SMARTS) is 2. The van der Waals surface area contributed by atoms with Crippen LogP contribution in [0.3, 0.4) is 0 Å². The molecule has 0 fully saturated rings. The van der Waals surface area contributed by atoms with Crippen LogP contribution in [0.5, 0.6) is 5.75 Å². The smallest absolute Gasteiger partial charge is 0.335 e. The molecule has 0 saturated heterocycles. The Hall–Kier alpha value is -3.35. The van der Waals surface area contributed by atoms with E-state index >= 15 is 0 Å². The van der Waals surface area contributed by atoms with Gasteiger partial charge in [0.15, 0.2) is 6.61 Å². The van der Waals surface area contributed by atoms with Crippen LogP contribution in [-0.4, -0.2) is 34.7 Å². The predicted molar refractivity (Wildman–Crippen MR) is 99.6 cm³/mol. The predicted octanol–water partition coefficient (Wildman–Crippen LogP) is 3.61. The molecule has 1 unspecified atom stereocenters. The van der Waals surface area contributed by atoms with Crippen molar-refractivity contribution in [3.05, 3.63) is 59.2 Å². The van der Waals surface area contributed by atoms with Gasteiger partial charge in [-0.05, 0) is 42.2 Å². The molecule has 1 amide bonds. The quantitative estimate of drug-likeness (QED) is 0.653. The van der Waals surface area contributed by atoms with Gasteiger partial charge in [0.05, 0.1) is 11.1 Å². The van der Waals surface area contributed by atoms with Gasteiger partial charge in [-0.2, -0.15) is 0 Å². The second-order valence-corrected chi connectivity index (χ2v) is 6.09. The summed E-state index contributed by atoms with van der Waals surface area (Å²) < 4.78 is 5.60. The molecular formula is C20H21NO6. The third-order valence-electron chi connectivity index (χ3n) is 4.13. The lowest BCUT2D eigenvalue weighted by molar-refractivity contribution is -0.118. The monoisotopic (exact) mass is 371 g/mol. The molecular weight excluding hydrogens is 350 g/mol. The fraction of sp³-hybridized carbons (Fsp3) is 0.250. The van der Waals surface area contributed by atoms with Crippen molar-refractivity contribution in [2.45, 2.75) is 26.2 Å². The van der Waals surface area contributed by atoms with Gasteiger partial charge >= 0.3 is 11.9 Å².